The van der Waals surface area contributed by atoms with Crippen LogP contribution < -0.4 is 5.32 Å². The zero-order valence-corrected chi connectivity index (χ0v) is 11.0. The molecule has 0 aliphatic heterocycles. The molecule has 0 fully saturated rings. The van der Waals surface area contributed by atoms with Crippen LogP contribution in [0, 0.1) is 5.92 Å². The van der Waals surface area contributed by atoms with Gasteiger partial charge in [0.05, 0.1) is 5.75 Å². The molecule has 0 saturated carbocycles. The molecule has 1 atom stereocenters. The van der Waals surface area contributed by atoms with E-state index in [0.717, 1.165) is 6.42 Å². The Morgan fingerprint density at radius 2 is 2.00 bits per heavy atom. The number of carbonyl (C=O) groups excluding carboxylic acids is 1. The molecule has 0 radical (unpaired) electrons. The van der Waals surface area contributed by atoms with Gasteiger partial charge in [-0.2, -0.15) is 0 Å². The van der Waals surface area contributed by atoms with Crippen LogP contribution in [0.15, 0.2) is 0 Å². The largest absolute Gasteiger partial charge is 0.480 e. The third-order valence-electron chi connectivity index (χ3n) is 2.11. The van der Waals surface area contributed by atoms with Crippen LogP contribution >= 0.6 is 11.8 Å². The summed E-state index contributed by atoms with van der Waals surface area (Å²) in [4.78, 5) is 22.0. The van der Waals surface area contributed by atoms with E-state index in [1.807, 2.05) is 6.92 Å². The molecule has 0 aliphatic rings. The third kappa shape index (κ3) is 7.56. The van der Waals surface area contributed by atoms with Crippen LogP contribution in [0.25, 0.3) is 0 Å². The predicted octanol–water partition coefficient (Wildman–Crippen LogP) is 1.75. The third-order valence-corrected chi connectivity index (χ3v) is 3.47. The maximum Gasteiger partial charge on any atom is 0.316 e. The molecule has 0 aromatic heterocycles. The Morgan fingerprint density at radius 3 is 2.44 bits per heavy atom. The fourth-order valence-corrected chi connectivity index (χ4v) is 1.92. The molecule has 0 aromatic carbocycles. The van der Waals surface area contributed by atoms with Crippen LogP contribution in [0.4, 0.5) is 0 Å². The van der Waals surface area contributed by atoms with E-state index < -0.39 is 11.2 Å². The summed E-state index contributed by atoms with van der Waals surface area (Å²) in [6.45, 7) is 6.67. The molecular weight excluding hydrogens is 226 g/mol. The number of carbonyl (C=O) groups is 2. The predicted molar refractivity (Wildman–Crippen MR) is 66.6 cm³/mol. The Bertz CT molecular complexity index is 231. The van der Waals surface area contributed by atoms with Crippen molar-refractivity contribution in [3.05, 3.63) is 0 Å². The fourth-order valence-electron chi connectivity index (χ4n) is 1.09. The molecule has 1 unspecified atom stereocenters. The number of hydrogen-bond acceptors (Lipinski definition) is 3. The van der Waals surface area contributed by atoms with Crippen molar-refractivity contribution in [2.45, 2.75) is 38.9 Å². The summed E-state index contributed by atoms with van der Waals surface area (Å²) in [5.41, 5.74) is 0. The van der Waals surface area contributed by atoms with Gasteiger partial charge >= 0.3 is 5.97 Å². The van der Waals surface area contributed by atoms with E-state index in [0.29, 0.717) is 18.9 Å². The van der Waals surface area contributed by atoms with Crippen LogP contribution in [0.3, 0.4) is 0 Å². The molecule has 16 heavy (non-hydrogen) atoms. The summed E-state index contributed by atoms with van der Waals surface area (Å²) in [6, 6.07) is 0. The molecule has 4 nitrogen and oxygen atoms in total. The first-order valence-corrected chi connectivity index (χ1v) is 6.63. The molecule has 0 heterocycles. The minimum atomic E-state index is -0.845. The number of nitrogens with one attached hydrogen (secondary N) is 1. The lowest BCUT2D eigenvalue weighted by Gasteiger charge is -2.10. The van der Waals surface area contributed by atoms with Gasteiger partial charge in [0.15, 0.2) is 0 Å². The van der Waals surface area contributed by atoms with Gasteiger partial charge in [0.25, 0.3) is 0 Å². The highest BCUT2D eigenvalue weighted by Gasteiger charge is 2.16. The summed E-state index contributed by atoms with van der Waals surface area (Å²) in [7, 11) is 0. The Kier molecular flexibility index (Phi) is 8.07. The summed E-state index contributed by atoms with van der Waals surface area (Å²) in [5, 5.41) is 11.1. The molecule has 94 valence electrons. The number of hydrogen-bond donors (Lipinski definition) is 2. The molecular formula is C11H21NO3S. The first-order valence-electron chi connectivity index (χ1n) is 5.58. The van der Waals surface area contributed by atoms with Gasteiger partial charge in [-0.25, -0.2) is 0 Å². The second kappa shape index (κ2) is 8.44. The van der Waals surface area contributed by atoms with Crippen LogP contribution in [0.2, 0.25) is 0 Å². The molecule has 1 amide bonds. The van der Waals surface area contributed by atoms with Crippen LogP contribution in [-0.4, -0.2) is 34.5 Å². The Balaban J connectivity index is 3.67. The quantitative estimate of drug-likeness (QED) is 0.685. The van der Waals surface area contributed by atoms with E-state index in [4.69, 9.17) is 5.11 Å². The van der Waals surface area contributed by atoms with Crippen LogP contribution in [0.5, 0.6) is 0 Å². The Hall–Kier alpha value is -0.710. The lowest BCUT2D eigenvalue weighted by atomic mass is 10.1. The maximum absolute atomic E-state index is 11.3. The molecule has 5 heteroatoms. The lowest BCUT2D eigenvalue weighted by molar-refractivity contribution is -0.136. The van der Waals surface area contributed by atoms with Gasteiger partial charge in [0, 0.05) is 6.54 Å². The normalized spacial score (nSPS) is 12.5. The van der Waals surface area contributed by atoms with Gasteiger partial charge in [-0.1, -0.05) is 20.8 Å². The first kappa shape index (κ1) is 15.3. The van der Waals surface area contributed by atoms with Crippen molar-refractivity contribution >= 4 is 23.6 Å². The summed E-state index contributed by atoms with van der Waals surface area (Å²) in [5.74, 6) is -0.133. The number of carboxylic acids is 1. The Labute approximate surface area is 101 Å². The topological polar surface area (TPSA) is 66.4 Å². The number of aliphatic carboxylic acids is 1. The number of rotatable bonds is 8. The standard InChI is InChI=1S/C11H21NO3S/c1-4-9(11(14)15)16-7-10(13)12-6-5-8(2)3/h8-9H,4-7H2,1-3H3,(H,12,13)(H,14,15). The minimum absolute atomic E-state index is 0.0784. The number of thioether (sulfide) groups is 1. The van der Waals surface area contributed by atoms with Crippen molar-refractivity contribution in [1.29, 1.82) is 0 Å². The van der Waals surface area contributed by atoms with Crippen molar-refractivity contribution in [2.75, 3.05) is 12.3 Å². The van der Waals surface area contributed by atoms with Crippen molar-refractivity contribution in [3.63, 3.8) is 0 Å². The highest BCUT2D eigenvalue weighted by Crippen LogP contribution is 2.14. The minimum Gasteiger partial charge on any atom is -0.480 e. The summed E-state index contributed by atoms with van der Waals surface area (Å²) >= 11 is 1.18. The van der Waals surface area contributed by atoms with E-state index >= 15 is 0 Å². The van der Waals surface area contributed by atoms with Gasteiger partial charge in [0.1, 0.15) is 5.25 Å². The highest BCUT2D eigenvalue weighted by molar-refractivity contribution is 8.01. The Morgan fingerprint density at radius 1 is 1.38 bits per heavy atom. The van der Waals surface area contributed by atoms with E-state index in [1.165, 1.54) is 11.8 Å². The molecule has 0 rings (SSSR count). The van der Waals surface area contributed by atoms with E-state index in [1.54, 1.807) is 0 Å². The fraction of sp³-hybridized carbons (Fsp3) is 0.818. The second-order valence-corrected chi connectivity index (χ2v) is 5.27. The zero-order chi connectivity index (χ0) is 12.6. The first-order chi connectivity index (χ1) is 7.47. The van der Waals surface area contributed by atoms with Crippen molar-refractivity contribution in [3.8, 4) is 0 Å². The van der Waals surface area contributed by atoms with Gasteiger partial charge in [-0.05, 0) is 18.8 Å². The van der Waals surface area contributed by atoms with E-state index in [9.17, 15) is 9.59 Å². The van der Waals surface area contributed by atoms with Gasteiger partial charge in [0.2, 0.25) is 5.91 Å². The van der Waals surface area contributed by atoms with Crippen LogP contribution in [-0.2, 0) is 9.59 Å². The van der Waals surface area contributed by atoms with Gasteiger partial charge < -0.3 is 10.4 Å². The molecule has 2 N–H and O–H groups in total. The summed E-state index contributed by atoms with van der Waals surface area (Å²) in [6.07, 6.45) is 1.49. The average molecular weight is 247 g/mol. The lowest BCUT2D eigenvalue weighted by Crippen LogP contribution is -2.28. The van der Waals surface area contributed by atoms with E-state index in [-0.39, 0.29) is 11.7 Å². The number of carboxylic acid groups (broad SMARTS) is 1. The monoisotopic (exact) mass is 247 g/mol. The van der Waals surface area contributed by atoms with Crippen molar-refractivity contribution in [1.82, 2.24) is 5.32 Å². The second-order valence-electron chi connectivity index (χ2n) is 4.08. The molecule has 0 aromatic rings. The molecule has 0 spiro atoms. The molecule has 0 bridgehead atoms. The highest BCUT2D eigenvalue weighted by atomic mass is 32.2. The van der Waals surface area contributed by atoms with Gasteiger partial charge in [-0.3, -0.25) is 9.59 Å². The SMILES string of the molecule is CCC(SCC(=O)NCCC(C)C)C(=O)O. The zero-order valence-electron chi connectivity index (χ0n) is 10.2. The molecule has 0 saturated heterocycles. The van der Waals surface area contributed by atoms with Crippen molar-refractivity contribution < 1.29 is 14.7 Å². The van der Waals surface area contributed by atoms with Gasteiger partial charge in [-0.15, -0.1) is 11.8 Å². The average Bonchev–Trinajstić information content (AvgIpc) is 2.17. The van der Waals surface area contributed by atoms with Crippen molar-refractivity contribution in [2.24, 2.45) is 5.92 Å². The number of amides is 1. The summed E-state index contributed by atoms with van der Waals surface area (Å²) < 4.78 is 0. The van der Waals surface area contributed by atoms with Crippen LogP contribution in [0.1, 0.15) is 33.6 Å². The maximum atomic E-state index is 11.3. The van der Waals surface area contributed by atoms with E-state index in [2.05, 4.69) is 19.2 Å². The molecule has 0 aliphatic carbocycles. The smallest absolute Gasteiger partial charge is 0.316 e.